The van der Waals surface area contributed by atoms with E-state index in [2.05, 4.69) is 0 Å². The third kappa shape index (κ3) is 2.16. The molecule has 1 aliphatic heterocycles. The molecule has 1 aromatic heterocycles. The molecule has 20 heavy (non-hydrogen) atoms. The molecule has 0 saturated heterocycles. The fourth-order valence-electron chi connectivity index (χ4n) is 2.20. The largest absolute Gasteiger partial charge is 0.486 e. The lowest BCUT2D eigenvalue weighted by Crippen LogP contribution is -2.16. The molecule has 0 N–H and O–H groups in total. The first-order valence-electron chi connectivity index (χ1n) is 6.41. The van der Waals surface area contributed by atoms with Crippen LogP contribution in [0.1, 0.15) is 28.6 Å². The summed E-state index contributed by atoms with van der Waals surface area (Å²) in [4.78, 5) is 12.6. The summed E-state index contributed by atoms with van der Waals surface area (Å²) in [6, 6.07) is 4.91. The van der Waals surface area contributed by atoms with Gasteiger partial charge in [0.05, 0.1) is 16.8 Å². The maximum Gasteiger partial charge on any atom is 0.198 e. The summed E-state index contributed by atoms with van der Waals surface area (Å²) in [7, 11) is 0. The lowest BCUT2D eigenvalue weighted by Gasteiger charge is -2.19. The van der Waals surface area contributed by atoms with Crippen molar-refractivity contribution < 1.29 is 18.7 Å². The molecule has 2 aromatic rings. The normalized spacial score (nSPS) is 13.3. The summed E-state index contributed by atoms with van der Waals surface area (Å²) in [5, 5.41) is 0.350. The second kappa shape index (κ2) is 5.21. The molecule has 2 heterocycles. The van der Waals surface area contributed by atoms with Gasteiger partial charge in [-0.25, -0.2) is 0 Å². The average molecular weight is 293 g/mol. The lowest BCUT2D eigenvalue weighted by atomic mass is 10.0. The molecule has 3 rings (SSSR count). The van der Waals surface area contributed by atoms with Gasteiger partial charge in [0, 0.05) is 18.1 Å². The Bertz CT molecular complexity index is 660. The number of carbonyl (C=O) groups excluding carboxylic acids is 1. The van der Waals surface area contributed by atoms with Gasteiger partial charge in [-0.2, -0.15) is 0 Å². The first kappa shape index (κ1) is 13.1. The Balaban J connectivity index is 2.03. The third-order valence-electron chi connectivity index (χ3n) is 3.19. The van der Waals surface area contributed by atoms with Crippen molar-refractivity contribution >= 4 is 17.4 Å². The first-order valence-corrected chi connectivity index (χ1v) is 6.78. The Morgan fingerprint density at radius 1 is 1.20 bits per heavy atom. The second-order valence-corrected chi connectivity index (χ2v) is 4.82. The molecule has 104 valence electrons. The van der Waals surface area contributed by atoms with Crippen molar-refractivity contribution in [2.45, 2.75) is 13.3 Å². The predicted molar refractivity (Wildman–Crippen MR) is 74.0 cm³/mol. The van der Waals surface area contributed by atoms with Crippen LogP contribution >= 0.6 is 11.6 Å². The molecular weight excluding hydrogens is 280 g/mol. The van der Waals surface area contributed by atoms with Crippen LogP contribution in [0.15, 0.2) is 28.9 Å². The molecule has 0 saturated carbocycles. The number of benzene rings is 1. The number of hydrogen-bond donors (Lipinski definition) is 0. The number of ketones is 1. The highest BCUT2D eigenvalue weighted by Gasteiger charge is 2.22. The minimum absolute atomic E-state index is 0.169. The first-order chi connectivity index (χ1) is 9.70. The zero-order chi connectivity index (χ0) is 14.1. The van der Waals surface area contributed by atoms with Gasteiger partial charge in [0.1, 0.15) is 19.0 Å². The van der Waals surface area contributed by atoms with Gasteiger partial charge in [-0.15, -0.1) is 0 Å². The smallest absolute Gasteiger partial charge is 0.198 e. The lowest BCUT2D eigenvalue weighted by molar-refractivity contribution is 0.103. The maximum atomic E-state index is 12.6. The number of furan rings is 1. The molecule has 1 aliphatic rings. The number of fused-ring (bicyclic) bond motifs is 1. The van der Waals surface area contributed by atoms with E-state index < -0.39 is 0 Å². The zero-order valence-corrected chi connectivity index (χ0v) is 11.7. The summed E-state index contributed by atoms with van der Waals surface area (Å²) in [5.74, 6) is 1.60. The summed E-state index contributed by atoms with van der Waals surface area (Å²) < 4.78 is 16.2. The molecule has 0 unspecified atom stereocenters. The van der Waals surface area contributed by atoms with Gasteiger partial charge in [-0.3, -0.25) is 4.79 Å². The fourth-order valence-corrected chi connectivity index (χ4v) is 2.44. The van der Waals surface area contributed by atoms with E-state index in [0.717, 1.165) is 0 Å². The topological polar surface area (TPSA) is 48.7 Å². The highest BCUT2D eigenvalue weighted by atomic mass is 35.5. The molecule has 0 spiro atoms. The van der Waals surface area contributed by atoms with Gasteiger partial charge in [-0.1, -0.05) is 18.5 Å². The van der Waals surface area contributed by atoms with Crippen molar-refractivity contribution in [1.82, 2.24) is 0 Å². The molecule has 0 amide bonds. The van der Waals surface area contributed by atoms with Crippen molar-refractivity contribution in [1.29, 1.82) is 0 Å². The van der Waals surface area contributed by atoms with Crippen LogP contribution in [-0.4, -0.2) is 19.0 Å². The van der Waals surface area contributed by atoms with Crippen molar-refractivity contribution in [2.24, 2.45) is 0 Å². The van der Waals surface area contributed by atoms with E-state index in [1.807, 2.05) is 6.92 Å². The van der Waals surface area contributed by atoms with E-state index in [-0.39, 0.29) is 5.78 Å². The summed E-state index contributed by atoms with van der Waals surface area (Å²) in [5.41, 5.74) is 0.929. The van der Waals surface area contributed by atoms with Gasteiger partial charge in [0.2, 0.25) is 0 Å². The molecular formula is C15H13ClO4. The van der Waals surface area contributed by atoms with Crippen molar-refractivity contribution in [3.05, 3.63) is 46.4 Å². The number of aryl methyl sites for hydroxylation is 1. The average Bonchev–Trinajstić information content (AvgIpc) is 2.94. The van der Waals surface area contributed by atoms with Gasteiger partial charge >= 0.3 is 0 Å². The van der Waals surface area contributed by atoms with E-state index in [4.69, 9.17) is 25.5 Å². The SMILES string of the molecule is CCc1occc1C(=O)c1cc2c(cc1Cl)OCCO2. The number of rotatable bonds is 3. The maximum absolute atomic E-state index is 12.6. The minimum atomic E-state index is -0.169. The summed E-state index contributed by atoms with van der Waals surface area (Å²) in [6.07, 6.45) is 2.16. The third-order valence-corrected chi connectivity index (χ3v) is 3.50. The van der Waals surface area contributed by atoms with E-state index in [1.54, 1.807) is 18.2 Å². The molecule has 0 aliphatic carbocycles. The Morgan fingerprint density at radius 3 is 2.60 bits per heavy atom. The molecule has 0 radical (unpaired) electrons. The van der Waals surface area contributed by atoms with Crippen LogP contribution in [0.25, 0.3) is 0 Å². The quantitative estimate of drug-likeness (QED) is 0.813. The number of halogens is 1. The number of carbonyl (C=O) groups is 1. The van der Waals surface area contributed by atoms with Gasteiger partial charge in [0.15, 0.2) is 17.3 Å². The van der Waals surface area contributed by atoms with Crippen molar-refractivity contribution in [3.8, 4) is 11.5 Å². The minimum Gasteiger partial charge on any atom is -0.486 e. The van der Waals surface area contributed by atoms with Crippen LogP contribution < -0.4 is 9.47 Å². The predicted octanol–water partition coefficient (Wildman–Crippen LogP) is 3.50. The Morgan fingerprint density at radius 2 is 1.90 bits per heavy atom. The van der Waals surface area contributed by atoms with Crippen LogP contribution in [0.5, 0.6) is 11.5 Å². The zero-order valence-electron chi connectivity index (χ0n) is 10.9. The van der Waals surface area contributed by atoms with E-state index in [0.29, 0.717) is 53.0 Å². The highest BCUT2D eigenvalue weighted by Crippen LogP contribution is 2.36. The Labute approximate surface area is 121 Å². The second-order valence-electron chi connectivity index (χ2n) is 4.42. The van der Waals surface area contributed by atoms with Crippen molar-refractivity contribution in [2.75, 3.05) is 13.2 Å². The highest BCUT2D eigenvalue weighted by molar-refractivity contribution is 6.35. The molecule has 4 nitrogen and oxygen atoms in total. The van der Waals surface area contributed by atoms with E-state index in [1.165, 1.54) is 6.26 Å². The molecule has 0 bridgehead atoms. The molecule has 0 fully saturated rings. The number of hydrogen-bond acceptors (Lipinski definition) is 4. The summed E-state index contributed by atoms with van der Waals surface area (Å²) in [6.45, 7) is 2.88. The van der Waals surface area contributed by atoms with Crippen LogP contribution in [0.4, 0.5) is 0 Å². The molecule has 5 heteroatoms. The van der Waals surface area contributed by atoms with Gasteiger partial charge in [0.25, 0.3) is 0 Å². The van der Waals surface area contributed by atoms with Crippen LogP contribution in [0.2, 0.25) is 5.02 Å². The number of ether oxygens (including phenoxy) is 2. The fraction of sp³-hybridized carbons (Fsp3) is 0.267. The monoisotopic (exact) mass is 292 g/mol. The van der Waals surface area contributed by atoms with Crippen molar-refractivity contribution in [3.63, 3.8) is 0 Å². The standard InChI is InChI=1S/C15H13ClO4/c1-2-12-9(3-4-18-12)15(17)10-7-13-14(8-11(10)16)20-6-5-19-13/h3-4,7-8H,2,5-6H2,1H3. The Hall–Kier alpha value is -1.94. The molecule has 0 atom stereocenters. The van der Waals surface area contributed by atoms with Crippen LogP contribution in [0.3, 0.4) is 0 Å². The van der Waals surface area contributed by atoms with Gasteiger partial charge in [-0.05, 0) is 12.1 Å². The van der Waals surface area contributed by atoms with E-state index >= 15 is 0 Å². The van der Waals surface area contributed by atoms with Crippen LogP contribution in [-0.2, 0) is 6.42 Å². The summed E-state index contributed by atoms with van der Waals surface area (Å²) >= 11 is 6.18. The van der Waals surface area contributed by atoms with E-state index in [9.17, 15) is 4.79 Å². The Kier molecular flexibility index (Phi) is 3.40. The van der Waals surface area contributed by atoms with Crippen LogP contribution in [0, 0.1) is 0 Å². The van der Waals surface area contributed by atoms with Gasteiger partial charge < -0.3 is 13.9 Å². The molecule has 1 aromatic carbocycles.